The third-order valence-corrected chi connectivity index (χ3v) is 9.39. The number of aryl methyl sites for hydroxylation is 2. The molecule has 2 unspecified atom stereocenters. The van der Waals surface area contributed by atoms with E-state index >= 15 is 0 Å². The van der Waals surface area contributed by atoms with Crippen molar-refractivity contribution in [3.8, 4) is 0 Å². The van der Waals surface area contributed by atoms with Crippen LogP contribution in [0.5, 0.6) is 0 Å². The van der Waals surface area contributed by atoms with E-state index in [1.807, 2.05) is 24.3 Å². The van der Waals surface area contributed by atoms with Crippen LogP contribution in [0, 0.1) is 13.8 Å². The molecule has 3 aromatic rings. The second kappa shape index (κ2) is 12.9. The zero-order valence-electron chi connectivity index (χ0n) is 25.0. The number of nitrogens with zero attached hydrogens (tertiary/aromatic N) is 4. The maximum atomic E-state index is 13.3. The molecule has 2 fully saturated rings. The molecule has 0 aromatic heterocycles. The molecule has 3 heterocycles. The van der Waals surface area contributed by atoms with Gasteiger partial charge in [0.1, 0.15) is 6.17 Å². The molecule has 216 valence electrons. The van der Waals surface area contributed by atoms with Crippen molar-refractivity contribution in [2.45, 2.75) is 71.0 Å². The van der Waals surface area contributed by atoms with E-state index in [4.69, 9.17) is 0 Å². The summed E-state index contributed by atoms with van der Waals surface area (Å²) in [4.78, 5) is 18.0. The molecule has 3 aliphatic rings. The Morgan fingerprint density at radius 3 is 1.76 bits per heavy atom. The summed E-state index contributed by atoms with van der Waals surface area (Å²) in [6.07, 6.45) is 9.31. The van der Waals surface area contributed by atoms with Gasteiger partial charge in [0.25, 0.3) is 5.91 Å². The monoisotopic (exact) mass is 550 g/mol. The summed E-state index contributed by atoms with van der Waals surface area (Å²) in [6, 6.07) is 26.6. The van der Waals surface area contributed by atoms with Gasteiger partial charge >= 0.3 is 0 Å². The van der Waals surface area contributed by atoms with Crippen molar-refractivity contribution in [1.82, 2.24) is 19.8 Å². The van der Waals surface area contributed by atoms with Gasteiger partial charge < -0.3 is 4.90 Å². The molecule has 0 spiro atoms. The lowest BCUT2D eigenvalue weighted by atomic mass is 9.88. The molecule has 0 N–H and O–H groups in total. The number of carbonyl (C=O) groups excluding carboxylic acids is 1. The molecule has 2 saturated heterocycles. The molecular weight excluding hydrogens is 504 g/mol. The SMILES string of the molecule is Cc1ccc(C(=O)N2CCN(C3c4ccccc4C(c4ccc(C)cc4)N4CCCCCCCCCN34)CC2)cc1. The van der Waals surface area contributed by atoms with E-state index in [0.717, 1.165) is 44.8 Å². The van der Waals surface area contributed by atoms with E-state index in [0.29, 0.717) is 0 Å². The van der Waals surface area contributed by atoms with Gasteiger partial charge in [0, 0.05) is 44.8 Å². The molecule has 5 heteroatoms. The zero-order chi connectivity index (χ0) is 28.2. The van der Waals surface area contributed by atoms with Crippen molar-refractivity contribution >= 4 is 5.91 Å². The van der Waals surface area contributed by atoms with E-state index in [-0.39, 0.29) is 18.1 Å². The summed E-state index contributed by atoms with van der Waals surface area (Å²) < 4.78 is 0. The van der Waals surface area contributed by atoms with Gasteiger partial charge in [-0.3, -0.25) is 9.69 Å². The summed E-state index contributed by atoms with van der Waals surface area (Å²) in [5, 5.41) is 5.46. The van der Waals surface area contributed by atoms with Gasteiger partial charge in [0.2, 0.25) is 0 Å². The average molecular weight is 551 g/mol. The van der Waals surface area contributed by atoms with E-state index in [2.05, 4.69) is 82.2 Å². The molecule has 6 rings (SSSR count). The maximum absolute atomic E-state index is 13.3. The highest BCUT2D eigenvalue weighted by Crippen LogP contribution is 2.44. The van der Waals surface area contributed by atoms with E-state index < -0.39 is 0 Å². The number of amides is 1. The summed E-state index contributed by atoms with van der Waals surface area (Å²) in [6.45, 7) is 9.70. The van der Waals surface area contributed by atoms with Crippen LogP contribution in [0.15, 0.2) is 72.8 Å². The van der Waals surface area contributed by atoms with Gasteiger partial charge in [0.05, 0.1) is 6.04 Å². The predicted molar refractivity (Wildman–Crippen MR) is 167 cm³/mol. The predicted octanol–water partition coefficient (Wildman–Crippen LogP) is 7.13. The van der Waals surface area contributed by atoms with Crippen molar-refractivity contribution in [1.29, 1.82) is 0 Å². The standard InChI is InChI=1S/C36H46N4O/c1-28-14-18-30(19-15-28)34-32-12-8-9-13-33(32)35(40-23-11-7-5-3-4-6-10-22-39(34)40)37-24-26-38(27-25-37)36(41)31-20-16-29(2)17-21-31/h8-9,12-21,34-35H,3-7,10-11,22-27H2,1-2H3. The largest absolute Gasteiger partial charge is 0.336 e. The van der Waals surface area contributed by atoms with E-state index in [1.54, 1.807) is 0 Å². The van der Waals surface area contributed by atoms with Gasteiger partial charge in [-0.2, -0.15) is 0 Å². The van der Waals surface area contributed by atoms with Crippen molar-refractivity contribution < 1.29 is 4.79 Å². The quantitative estimate of drug-likeness (QED) is 0.347. The number of piperazine rings is 1. The molecule has 2 atom stereocenters. The van der Waals surface area contributed by atoms with E-state index in [1.165, 1.54) is 72.8 Å². The summed E-state index contributed by atoms with van der Waals surface area (Å²) in [5.74, 6) is 0.157. The first-order valence-electron chi connectivity index (χ1n) is 15.9. The third-order valence-electron chi connectivity index (χ3n) is 9.39. The van der Waals surface area contributed by atoms with Crippen molar-refractivity contribution in [2.24, 2.45) is 0 Å². The molecule has 3 aliphatic heterocycles. The first-order valence-corrected chi connectivity index (χ1v) is 15.9. The normalized spacial score (nSPS) is 23.3. The highest BCUT2D eigenvalue weighted by molar-refractivity contribution is 5.94. The van der Waals surface area contributed by atoms with E-state index in [9.17, 15) is 4.79 Å². The van der Waals surface area contributed by atoms with Crippen LogP contribution in [0.1, 0.15) is 95.3 Å². The second-order valence-electron chi connectivity index (χ2n) is 12.3. The fourth-order valence-corrected chi connectivity index (χ4v) is 7.08. The number of hydrogen-bond donors (Lipinski definition) is 0. The maximum Gasteiger partial charge on any atom is 0.253 e. The van der Waals surface area contributed by atoms with Crippen molar-refractivity contribution in [2.75, 3.05) is 39.3 Å². The number of carbonyl (C=O) groups is 1. The molecule has 3 aromatic carbocycles. The second-order valence-corrected chi connectivity index (χ2v) is 12.3. The van der Waals surface area contributed by atoms with Crippen LogP contribution in [-0.2, 0) is 0 Å². The van der Waals surface area contributed by atoms with Crippen molar-refractivity contribution in [3.63, 3.8) is 0 Å². The lowest BCUT2D eigenvalue weighted by Gasteiger charge is -2.54. The summed E-state index contributed by atoms with van der Waals surface area (Å²) >= 11 is 0. The lowest BCUT2D eigenvalue weighted by molar-refractivity contribution is -0.152. The van der Waals surface area contributed by atoms with Gasteiger partial charge in [-0.15, -0.1) is 0 Å². The van der Waals surface area contributed by atoms with Gasteiger partial charge in [0.15, 0.2) is 0 Å². The van der Waals surface area contributed by atoms with Crippen molar-refractivity contribution in [3.05, 3.63) is 106 Å². The minimum Gasteiger partial charge on any atom is -0.336 e. The highest BCUT2D eigenvalue weighted by Gasteiger charge is 2.42. The fourth-order valence-electron chi connectivity index (χ4n) is 7.08. The Hall–Kier alpha value is -2.99. The Bertz CT molecular complexity index is 1300. The first-order chi connectivity index (χ1) is 20.1. The molecule has 0 bridgehead atoms. The fraction of sp³-hybridized carbons (Fsp3) is 0.472. The van der Waals surface area contributed by atoms with Crippen LogP contribution < -0.4 is 0 Å². The summed E-state index contributed by atoms with van der Waals surface area (Å²) in [5.41, 5.74) is 7.55. The van der Waals surface area contributed by atoms with Crippen LogP contribution in [0.25, 0.3) is 0 Å². The molecule has 0 saturated carbocycles. The number of benzene rings is 3. The zero-order valence-corrected chi connectivity index (χ0v) is 25.0. The first kappa shape index (κ1) is 28.1. The molecule has 41 heavy (non-hydrogen) atoms. The Kier molecular flexibility index (Phi) is 8.85. The Morgan fingerprint density at radius 1 is 0.585 bits per heavy atom. The highest BCUT2D eigenvalue weighted by atomic mass is 16.2. The minimum absolute atomic E-state index is 0.157. The van der Waals surface area contributed by atoms with Crippen LogP contribution in [0.3, 0.4) is 0 Å². The number of fused-ring (bicyclic) bond motifs is 2. The summed E-state index contributed by atoms with van der Waals surface area (Å²) in [7, 11) is 0. The molecule has 0 aliphatic carbocycles. The van der Waals surface area contributed by atoms with Crippen LogP contribution >= 0.6 is 0 Å². The molecule has 5 nitrogen and oxygen atoms in total. The van der Waals surface area contributed by atoms with Crippen LogP contribution in [0.4, 0.5) is 0 Å². The van der Waals surface area contributed by atoms with Crippen LogP contribution in [-0.4, -0.2) is 65.0 Å². The minimum atomic E-state index is 0.157. The number of hydrogen-bond acceptors (Lipinski definition) is 4. The average Bonchev–Trinajstić information content (AvgIpc) is 3.06. The molecular formula is C36H46N4O. The van der Waals surface area contributed by atoms with Gasteiger partial charge in [-0.05, 0) is 55.5 Å². The lowest BCUT2D eigenvalue weighted by Crippen LogP contribution is -2.59. The van der Waals surface area contributed by atoms with Gasteiger partial charge in [-0.25, -0.2) is 10.0 Å². The number of rotatable bonds is 3. The molecule has 1 amide bonds. The smallest absolute Gasteiger partial charge is 0.253 e. The van der Waals surface area contributed by atoms with Crippen LogP contribution in [0.2, 0.25) is 0 Å². The third kappa shape index (κ3) is 6.13. The van der Waals surface area contributed by atoms with Gasteiger partial charge in [-0.1, -0.05) is 104 Å². The topological polar surface area (TPSA) is 30.0 Å². The Labute approximate surface area is 246 Å². The Morgan fingerprint density at radius 2 is 1.12 bits per heavy atom. The molecule has 0 radical (unpaired) electrons. The number of hydrazine groups is 1. The Balaban J connectivity index is 1.32.